The molecule has 0 spiro atoms. The van der Waals surface area contributed by atoms with Crippen LogP contribution in [0.1, 0.15) is 23.2 Å². The van der Waals surface area contributed by atoms with Crippen LogP contribution in [-0.4, -0.2) is 45.4 Å². The van der Waals surface area contributed by atoms with E-state index in [1.807, 2.05) is 36.4 Å². The Bertz CT molecular complexity index is 960. The Balaban J connectivity index is 0.00000300. The lowest BCUT2D eigenvalue weighted by Crippen LogP contribution is -3.00. The Morgan fingerprint density at radius 1 is 1.03 bits per heavy atom. The maximum absolute atomic E-state index is 12.3. The van der Waals surface area contributed by atoms with Crippen LogP contribution in [0.2, 0.25) is 0 Å². The highest BCUT2D eigenvalue weighted by atomic mass is 127. The van der Waals surface area contributed by atoms with Gasteiger partial charge in [0, 0.05) is 29.7 Å². The van der Waals surface area contributed by atoms with Crippen LogP contribution in [0.3, 0.4) is 0 Å². The van der Waals surface area contributed by atoms with Gasteiger partial charge in [-0.1, -0.05) is 6.07 Å². The molecule has 1 heterocycles. The number of hydrogen-bond donors (Lipinski definition) is 0. The molecule has 0 aliphatic carbocycles. The molecule has 5 nitrogen and oxygen atoms in total. The molecule has 29 heavy (non-hydrogen) atoms. The molecule has 0 saturated heterocycles. The van der Waals surface area contributed by atoms with Crippen molar-refractivity contribution in [3.63, 3.8) is 0 Å². The number of rotatable bonds is 8. The first-order chi connectivity index (χ1) is 13.4. The quantitative estimate of drug-likeness (QED) is 0.201. The molecule has 3 aromatic rings. The number of esters is 1. The summed E-state index contributed by atoms with van der Waals surface area (Å²) >= 11 is 0. The topological polar surface area (TPSA) is 40.5 Å². The van der Waals surface area contributed by atoms with E-state index in [1.165, 1.54) is 10.9 Å². The second-order valence-corrected chi connectivity index (χ2v) is 7.84. The lowest BCUT2D eigenvalue weighted by molar-refractivity contribution is -0.0000246. The Morgan fingerprint density at radius 2 is 1.83 bits per heavy atom. The van der Waals surface area contributed by atoms with Crippen molar-refractivity contribution in [3.05, 3.63) is 60.3 Å². The number of carbonyl (C=O) groups excluding carboxylic acids is 1. The molecule has 1 aromatic heterocycles. The van der Waals surface area contributed by atoms with E-state index in [9.17, 15) is 4.79 Å². The number of quaternary nitrogens is 1. The second-order valence-electron chi connectivity index (χ2n) is 7.84. The third kappa shape index (κ3) is 5.96. The molecule has 0 radical (unpaired) electrons. The normalized spacial score (nSPS) is 11.2. The summed E-state index contributed by atoms with van der Waals surface area (Å²) in [5.74, 6) is 0.611. The van der Waals surface area contributed by atoms with Gasteiger partial charge in [-0.3, -0.25) is 4.48 Å². The number of halogens is 1. The molecule has 0 bridgehead atoms. The van der Waals surface area contributed by atoms with Gasteiger partial charge in [0.2, 0.25) is 0 Å². The van der Waals surface area contributed by atoms with Crippen LogP contribution in [0.25, 0.3) is 10.9 Å². The van der Waals surface area contributed by atoms with Crippen molar-refractivity contribution in [2.45, 2.75) is 19.4 Å². The van der Waals surface area contributed by atoms with Crippen molar-refractivity contribution in [1.82, 2.24) is 9.05 Å². The molecular weight excluding hydrogens is 479 g/mol. The van der Waals surface area contributed by atoms with Crippen LogP contribution >= 0.6 is 0 Å². The van der Waals surface area contributed by atoms with Crippen molar-refractivity contribution in [2.75, 3.05) is 34.9 Å². The van der Waals surface area contributed by atoms with Gasteiger partial charge in [-0.15, -0.1) is 0 Å². The van der Waals surface area contributed by atoms with E-state index in [2.05, 4.69) is 44.0 Å². The summed E-state index contributed by atoms with van der Waals surface area (Å²) in [7, 11) is 7.90. The Labute approximate surface area is 189 Å². The summed E-state index contributed by atoms with van der Waals surface area (Å²) in [6.07, 6.45) is 3.87. The van der Waals surface area contributed by atoms with Gasteiger partial charge in [0.15, 0.2) is 0 Å². The van der Waals surface area contributed by atoms with E-state index in [1.54, 1.807) is 7.11 Å². The molecule has 6 heteroatoms. The average Bonchev–Trinajstić information content (AvgIpc) is 3.09. The van der Waals surface area contributed by atoms with E-state index in [0.717, 1.165) is 30.8 Å². The average molecular weight is 508 g/mol. The molecule has 0 saturated carbocycles. The van der Waals surface area contributed by atoms with Gasteiger partial charge in [0.05, 0.1) is 40.4 Å². The first kappa shape index (κ1) is 23.2. The maximum atomic E-state index is 12.3. The minimum Gasteiger partial charge on any atom is -1.00 e. The fourth-order valence-electron chi connectivity index (χ4n) is 3.18. The largest absolute Gasteiger partial charge is 1.00 e. The van der Waals surface area contributed by atoms with Gasteiger partial charge in [0.25, 0.3) is 0 Å². The first-order valence-electron chi connectivity index (χ1n) is 9.60. The number of fused-ring (bicyclic) bond motifs is 1. The number of methoxy groups -OCH3 is 1. The summed E-state index contributed by atoms with van der Waals surface area (Å²) in [4.78, 5) is 12.3. The smallest absolute Gasteiger partial charge is 0.338 e. The molecule has 0 aliphatic heterocycles. The number of ether oxygens (including phenoxy) is 2. The third-order valence-electron chi connectivity index (χ3n) is 4.86. The van der Waals surface area contributed by atoms with Gasteiger partial charge < -0.3 is 38.0 Å². The van der Waals surface area contributed by atoms with Gasteiger partial charge in [0.1, 0.15) is 11.4 Å². The minimum absolute atomic E-state index is 0. The molecule has 0 aliphatic rings. The summed E-state index contributed by atoms with van der Waals surface area (Å²) in [5, 5.41) is 1.17. The maximum Gasteiger partial charge on any atom is 0.338 e. The van der Waals surface area contributed by atoms with Crippen LogP contribution in [0.4, 0.5) is 5.69 Å². The van der Waals surface area contributed by atoms with E-state index in [4.69, 9.17) is 9.47 Å². The summed E-state index contributed by atoms with van der Waals surface area (Å²) in [5.41, 5.74) is 2.87. The molecule has 0 atom stereocenters. The zero-order valence-corrected chi connectivity index (χ0v) is 19.7. The summed E-state index contributed by atoms with van der Waals surface area (Å²) < 4.78 is 13.6. The molecule has 3 rings (SSSR count). The number of nitrogens with zero attached hydrogens (tertiary/aromatic N) is 2. The Kier molecular flexibility index (Phi) is 8.10. The van der Waals surface area contributed by atoms with Gasteiger partial charge >= 0.3 is 5.97 Å². The highest BCUT2D eigenvalue weighted by molar-refractivity contribution is 5.90. The van der Waals surface area contributed by atoms with E-state index in [0.29, 0.717) is 16.7 Å². The van der Waals surface area contributed by atoms with Crippen molar-refractivity contribution in [2.24, 2.45) is 0 Å². The molecule has 2 aromatic carbocycles. The van der Waals surface area contributed by atoms with Crippen LogP contribution in [0.15, 0.2) is 54.7 Å². The zero-order chi connectivity index (χ0) is 20.1. The molecular formula is C23H29IN2O3. The fraction of sp³-hybridized carbons (Fsp3) is 0.348. The Morgan fingerprint density at radius 3 is 2.55 bits per heavy atom. The van der Waals surface area contributed by atoms with Crippen molar-refractivity contribution in [1.29, 1.82) is 0 Å². The molecule has 0 amide bonds. The molecule has 0 N–H and O–H groups in total. The minimum atomic E-state index is -0.256. The standard InChI is InChI=1S/C23H29N2O3.HI/c1-25(2,3)20-9-7-8-19(16-20)23(26)28-15-6-5-13-24-14-12-18-17-21(27-4)10-11-22(18)24;/h7-12,14,16-17H,5-6,13,15H2,1-4H3;1H/q+1;/p-1. The van der Waals surface area contributed by atoms with Gasteiger partial charge in [-0.25, -0.2) is 4.79 Å². The number of unbranched alkanes of at least 4 members (excludes halogenated alkanes) is 1. The Hall–Kier alpha value is -2.06. The van der Waals surface area contributed by atoms with Crippen LogP contribution in [0.5, 0.6) is 5.75 Å². The highest BCUT2D eigenvalue weighted by Crippen LogP contribution is 2.22. The highest BCUT2D eigenvalue weighted by Gasteiger charge is 2.15. The van der Waals surface area contributed by atoms with Gasteiger partial charge in [-0.2, -0.15) is 0 Å². The SMILES string of the molecule is COc1ccc2c(ccn2CCCCOC(=O)c2cccc([N+](C)(C)C)c2)c1.[I-]. The fourth-order valence-corrected chi connectivity index (χ4v) is 3.18. The summed E-state index contributed by atoms with van der Waals surface area (Å²) in [6.45, 7) is 1.32. The zero-order valence-electron chi connectivity index (χ0n) is 17.5. The van der Waals surface area contributed by atoms with Crippen LogP contribution < -0.4 is 33.2 Å². The van der Waals surface area contributed by atoms with E-state index < -0.39 is 0 Å². The first-order valence-corrected chi connectivity index (χ1v) is 9.60. The van der Waals surface area contributed by atoms with Crippen molar-refractivity contribution >= 4 is 22.6 Å². The molecule has 156 valence electrons. The number of aryl methyl sites for hydroxylation is 1. The predicted octanol–water partition coefficient (Wildman–Crippen LogP) is 1.49. The lowest BCUT2D eigenvalue weighted by Gasteiger charge is -2.23. The number of carbonyl (C=O) groups is 1. The summed E-state index contributed by atoms with van der Waals surface area (Å²) in [6, 6.07) is 15.8. The number of benzene rings is 2. The van der Waals surface area contributed by atoms with E-state index in [-0.39, 0.29) is 29.9 Å². The predicted molar refractivity (Wildman–Crippen MR) is 114 cm³/mol. The number of hydrogen-bond acceptors (Lipinski definition) is 3. The second kappa shape index (κ2) is 10.1. The molecule has 0 unspecified atom stereocenters. The van der Waals surface area contributed by atoms with Crippen molar-refractivity contribution < 1.29 is 38.2 Å². The van der Waals surface area contributed by atoms with Crippen LogP contribution in [0, 0.1) is 0 Å². The monoisotopic (exact) mass is 508 g/mol. The van der Waals surface area contributed by atoms with Crippen LogP contribution in [-0.2, 0) is 11.3 Å². The number of aromatic nitrogens is 1. The lowest BCUT2D eigenvalue weighted by atomic mass is 10.2. The molecule has 0 fully saturated rings. The third-order valence-corrected chi connectivity index (χ3v) is 4.86. The van der Waals surface area contributed by atoms with Crippen molar-refractivity contribution in [3.8, 4) is 5.75 Å². The van der Waals surface area contributed by atoms with Gasteiger partial charge in [-0.05, 0) is 49.2 Å². The van der Waals surface area contributed by atoms with E-state index >= 15 is 0 Å².